The van der Waals surface area contributed by atoms with Gasteiger partial charge in [0.25, 0.3) is 6.04 Å². The lowest BCUT2D eigenvalue weighted by atomic mass is 9.79. The highest BCUT2D eigenvalue weighted by Gasteiger charge is 2.49. The van der Waals surface area contributed by atoms with E-state index < -0.39 is 0 Å². The number of carbonyl (C=O) groups is 1. The Kier molecular flexibility index (Phi) is 6.80. The molecule has 0 radical (unpaired) electrons. The highest BCUT2D eigenvalue weighted by molar-refractivity contribution is 7.20. The lowest BCUT2D eigenvalue weighted by molar-refractivity contribution is -0.136. The van der Waals surface area contributed by atoms with Gasteiger partial charge in [0.15, 0.2) is 10.9 Å². The standard InChI is InChI=1S/C29H29FN10OS2/c1-4-21-25(36(3)26-34-24(22(11-31)42-26)18-5-7-19(30)8-6-18)40-27(33-21)43-28(35-40)39-16-29(17-39)9-10-37(15-29)14-23(41)38-12-20(13-38)32-2/h5-8,20H,4,9-10,12-17H2,1,3H3. The summed E-state index contributed by atoms with van der Waals surface area (Å²) in [6, 6.07) is 8.22. The molecule has 0 N–H and O–H groups in total. The molecule has 0 saturated carbocycles. The number of aromatic nitrogens is 4. The van der Waals surface area contributed by atoms with E-state index in [2.05, 4.69) is 27.6 Å². The van der Waals surface area contributed by atoms with E-state index in [9.17, 15) is 14.4 Å². The number of nitriles is 1. The molecule has 0 bridgehead atoms. The van der Waals surface area contributed by atoms with Crippen molar-refractivity contribution in [2.75, 3.05) is 62.7 Å². The van der Waals surface area contributed by atoms with Crippen molar-refractivity contribution in [2.24, 2.45) is 5.41 Å². The third-order valence-corrected chi connectivity index (χ3v) is 10.6. The summed E-state index contributed by atoms with van der Waals surface area (Å²) in [4.78, 5) is 35.3. The van der Waals surface area contributed by atoms with Gasteiger partial charge in [0, 0.05) is 37.7 Å². The number of nitrogens with zero attached hydrogens (tertiary/aromatic N) is 10. The second kappa shape index (κ2) is 10.6. The highest BCUT2D eigenvalue weighted by atomic mass is 32.1. The minimum Gasteiger partial charge on any atom is -0.345 e. The topological polar surface area (TPSA) is 101 Å². The van der Waals surface area contributed by atoms with Gasteiger partial charge in [-0.1, -0.05) is 29.6 Å². The Morgan fingerprint density at radius 3 is 2.70 bits per heavy atom. The normalized spacial score (nSPS) is 18.1. The second-order valence-electron chi connectivity index (χ2n) is 11.6. The predicted molar refractivity (Wildman–Crippen MR) is 163 cm³/mol. The third kappa shape index (κ3) is 4.79. The number of benzene rings is 1. The van der Waals surface area contributed by atoms with Crippen LogP contribution in [-0.4, -0.2) is 94.2 Å². The van der Waals surface area contributed by atoms with Crippen LogP contribution in [0.25, 0.3) is 21.1 Å². The van der Waals surface area contributed by atoms with Gasteiger partial charge < -0.3 is 19.5 Å². The molecule has 43 heavy (non-hydrogen) atoms. The quantitative estimate of drug-likeness (QED) is 0.289. The molecule has 4 aromatic rings. The van der Waals surface area contributed by atoms with Crippen molar-refractivity contribution in [3.05, 3.63) is 52.1 Å². The van der Waals surface area contributed by atoms with Crippen LogP contribution in [0, 0.1) is 29.1 Å². The van der Waals surface area contributed by atoms with Crippen molar-refractivity contribution in [2.45, 2.75) is 25.8 Å². The molecule has 14 heteroatoms. The fourth-order valence-corrected chi connectivity index (χ4v) is 8.01. The predicted octanol–water partition coefficient (Wildman–Crippen LogP) is 3.90. The van der Waals surface area contributed by atoms with Crippen LogP contribution in [0.4, 0.5) is 20.5 Å². The number of likely N-dealkylation sites (tertiary alicyclic amines) is 2. The SMILES string of the molecule is [C-]#[N+]C1CN(C(=O)CN2CCC3(C2)CN(c2nn4c(N(C)c5nc(-c6ccc(F)cc6)c(C#N)s5)c(CC)nc4s2)C3)C1. The minimum atomic E-state index is -0.338. The molecule has 0 unspecified atom stereocenters. The fraction of sp³-hybridized carbons (Fsp3) is 0.448. The largest absolute Gasteiger partial charge is 0.345 e. The van der Waals surface area contributed by atoms with Gasteiger partial charge >= 0.3 is 0 Å². The molecule has 3 aliphatic heterocycles. The van der Waals surface area contributed by atoms with E-state index in [4.69, 9.17) is 21.6 Å². The van der Waals surface area contributed by atoms with Gasteiger partial charge in [-0.25, -0.2) is 20.9 Å². The number of halogens is 1. The van der Waals surface area contributed by atoms with Crippen LogP contribution in [0.5, 0.6) is 0 Å². The van der Waals surface area contributed by atoms with Crippen molar-refractivity contribution in [1.29, 1.82) is 5.26 Å². The van der Waals surface area contributed by atoms with Crippen LogP contribution < -0.4 is 9.80 Å². The van der Waals surface area contributed by atoms with E-state index in [1.54, 1.807) is 28.4 Å². The number of amides is 1. The van der Waals surface area contributed by atoms with Gasteiger partial charge in [0.05, 0.1) is 25.3 Å². The van der Waals surface area contributed by atoms with Crippen LogP contribution in [0.15, 0.2) is 24.3 Å². The number of rotatable bonds is 7. The Bertz CT molecular complexity index is 1790. The molecule has 220 valence electrons. The van der Waals surface area contributed by atoms with E-state index in [0.717, 1.165) is 54.2 Å². The van der Waals surface area contributed by atoms with Gasteiger partial charge in [0.2, 0.25) is 16.0 Å². The number of imidazole rings is 1. The van der Waals surface area contributed by atoms with Crippen LogP contribution in [0.2, 0.25) is 0 Å². The maximum absolute atomic E-state index is 13.5. The Hall–Kier alpha value is -4.11. The number of thiazole rings is 1. The highest BCUT2D eigenvalue weighted by Crippen LogP contribution is 2.44. The zero-order chi connectivity index (χ0) is 29.9. The van der Waals surface area contributed by atoms with Crippen molar-refractivity contribution in [1.82, 2.24) is 29.4 Å². The number of hydrogen-bond acceptors (Lipinski definition) is 10. The Morgan fingerprint density at radius 2 is 2.00 bits per heavy atom. The molecule has 1 amide bonds. The monoisotopic (exact) mass is 616 g/mol. The van der Waals surface area contributed by atoms with E-state index in [1.807, 2.05) is 16.5 Å². The summed E-state index contributed by atoms with van der Waals surface area (Å²) in [6.45, 7) is 14.3. The number of aryl methyl sites for hydroxylation is 1. The van der Waals surface area contributed by atoms with E-state index in [1.165, 1.54) is 23.5 Å². The summed E-state index contributed by atoms with van der Waals surface area (Å²) in [5, 5.41) is 16.3. The van der Waals surface area contributed by atoms with Crippen LogP contribution >= 0.6 is 22.7 Å². The number of fused-ring (bicyclic) bond motifs is 1. The third-order valence-electron chi connectivity index (χ3n) is 8.61. The molecule has 3 aliphatic rings. The van der Waals surface area contributed by atoms with Gasteiger partial charge in [-0.3, -0.25) is 9.69 Å². The average Bonchev–Trinajstić information content (AvgIpc) is 3.73. The van der Waals surface area contributed by atoms with Crippen LogP contribution in [-0.2, 0) is 11.2 Å². The van der Waals surface area contributed by atoms with E-state index in [-0.39, 0.29) is 23.2 Å². The lowest BCUT2D eigenvalue weighted by Crippen LogP contribution is -2.58. The van der Waals surface area contributed by atoms with Crippen molar-refractivity contribution in [3.8, 4) is 17.3 Å². The van der Waals surface area contributed by atoms with Crippen LogP contribution in [0.3, 0.4) is 0 Å². The molecule has 0 atom stereocenters. The molecule has 1 aromatic carbocycles. The molecule has 0 aliphatic carbocycles. The molecule has 1 spiro atoms. The summed E-state index contributed by atoms with van der Waals surface area (Å²) in [6.07, 6.45) is 1.77. The van der Waals surface area contributed by atoms with Crippen molar-refractivity contribution >= 4 is 49.6 Å². The van der Waals surface area contributed by atoms with Crippen LogP contribution in [0.1, 0.15) is 23.9 Å². The summed E-state index contributed by atoms with van der Waals surface area (Å²) < 4.78 is 15.4. The first-order chi connectivity index (χ1) is 20.8. The lowest BCUT2D eigenvalue weighted by Gasteiger charge is -2.48. The smallest absolute Gasteiger partial charge is 0.258 e. The molecule has 3 fully saturated rings. The molecule has 7 rings (SSSR count). The van der Waals surface area contributed by atoms with E-state index in [0.29, 0.717) is 47.3 Å². The fourth-order valence-electron chi connectivity index (χ4n) is 6.24. The summed E-state index contributed by atoms with van der Waals surface area (Å²) in [5.74, 6) is 0.608. The number of anilines is 3. The molecule has 3 aromatic heterocycles. The zero-order valence-corrected chi connectivity index (χ0v) is 25.5. The van der Waals surface area contributed by atoms with Gasteiger partial charge in [-0.2, -0.15) is 9.78 Å². The first-order valence-corrected chi connectivity index (χ1v) is 15.8. The Labute approximate surface area is 256 Å². The maximum atomic E-state index is 13.5. The van der Waals surface area contributed by atoms with Crippen molar-refractivity contribution < 1.29 is 9.18 Å². The zero-order valence-electron chi connectivity index (χ0n) is 23.8. The average molecular weight is 617 g/mol. The van der Waals surface area contributed by atoms with E-state index >= 15 is 0 Å². The summed E-state index contributed by atoms with van der Waals surface area (Å²) >= 11 is 2.85. The Morgan fingerprint density at radius 1 is 1.23 bits per heavy atom. The molecular weight excluding hydrogens is 588 g/mol. The van der Waals surface area contributed by atoms with Gasteiger partial charge in [-0.05, 0) is 43.7 Å². The summed E-state index contributed by atoms with van der Waals surface area (Å²) in [5.41, 5.74) is 2.28. The van der Waals surface area contributed by atoms with Gasteiger partial charge in [-0.15, -0.1) is 5.10 Å². The van der Waals surface area contributed by atoms with Gasteiger partial charge in [0.1, 0.15) is 22.5 Å². The van der Waals surface area contributed by atoms with Crippen molar-refractivity contribution in [3.63, 3.8) is 0 Å². The summed E-state index contributed by atoms with van der Waals surface area (Å²) in [7, 11) is 1.91. The molecule has 11 nitrogen and oxygen atoms in total. The number of hydrogen-bond donors (Lipinski definition) is 0. The second-order valence-corrected chi connectivity index (χ2v) is 13.5. The molecule has 3 saturated heterocycles. The first kappa shape index (κ1) is 27.7. The minimum absolute atomic E-state index is 0.0300. The Balaban J connectivity index is 1.06. The maximum Gasteiger partial charge on any atom is 0.258 e. The number of carbonyl (C=O) groups excluding carboxylic acids is 1. The first-order valence-electron chi connectivity index (χ1n) is 14.2. The molecule has 6 heterocycles. The molecular formula is C29H29FN10OS2.